The van der Waals surface area contributed by atoms with Crippen molar-refractivity contribution >= 4 is 28.5 Å². The summed E-state index contributed by atoms with van der Waals surface area (Å²) in [6, 6.07) is 16.3. The van der Waals surface area contributed by atoms with Crippen molar-refractivity contribution in [3.63, 3.8) is 0 Å². The van der Waals surface area contributed by atoms with E-state index in [4.69, 9.17) is 0 Å². The van der Waals surface area contributed by atoms with Crippen LogP contribution in [0.25, 0.3) is 10.8 Å². The third kappa shape index (κ3) is 3.57. The van der Waals surface area contributed by atoms with Gasteiger partial charge in [0.2, 0.25) is 0 Å². The molecule has 0 radical (unpaired) electrons. The number of aromatic carboxylic acids is 1. The Kier molecular flexibility index (Phi) is 4.77. The summed E-state index contributed by atoms with van der Waals surface area (Å²) in [5.41, 5.74) is 5.02. The van der Waals surface area contributed by atoms with Crippen LogP contribution in [0.2, 0.25) is 0 Å². The van der Waals surface area contributed by atoms with Gasteiger partial charge in [0.1, 0.15) is 0 Å². The van der Waals surface area contributed by atoms with Crippen LogP contribution in [0, 0.1) is 6.92 Å². The molecule has 3 aromatic rings. The van der Waals surface area contributed by atoms with Gasteiger partial charge in [0.25, 0.3) is 0 Å². The van der Waals surface area contributed by atoms with Gasteiger partial charge in [-0.3, -0.25) is 0 Å². The summed E-state index contributed by atoms with van der Waals surface area (Å²) in [6.07, 6.45) is 2.42. The van der Waals surface area contributed by atoms with Crippen LogP contribution in [0.15, 0.2) is 58.3 Å². The highest BCUT2D eigenvalue weighted by molar-refractivity contribution is 7.99. The van der Waals surface area contributed by atoms with E-state index in [1.165, 1.54) is 34.4 Å². The van der Waals surface area contributed by atoms with Crippen molar-refractivity contribution in [1.82, 2.24) is 0 Å². The first-order chi connectivity index (χ1) is 13.6. The predicted molar refractivity (Wildman–Crippen MR) is 121 cm³/mol. The smallest absolute Gasteiger partial charge is 0.336 e. The lowest BCUT2D eigenvalue weighted by Crippen LogP contribution is -2.34. The van der Waals surface area contributed by atoms with Gasteiger partial charge in [-0.2, -0.15) is 0 Å². The van der Waals surface area contributed by atoms with E-state index in [0.29, 0.717) is 5.56 Å². The largest absolute Gasteiger partial charge is 0.478 e. The van der Waals surface area contributed by atoms with E-state index in [1.54, 1.807) is 17.8 Å². The normalized spacial score (nSPS) is 17.1. The van der Waals surface area contributed by atoms with Gasteiger partial charge in [-0.1, -0.05) is 63.7 Å². The fourth-order valence-corrected chi connectivity index (χ4v) is 5.42. The van der Waals surface area contributed by atoms with Crippen molar-refractivity contribution in [2.45, 2.75) is 68.1 Å². The maximum absolute atomic E-state index is 11.5. The summed E-state index contributed by atoms with van der Waals surface area (Å²) in [4.78, 5) is 13.9. The number of carboxylic acids is 1. The van der Waals surface area contributed by atoms with Crippen molar-refractivity contribution in [1.29, 1.82) is 0 Å². The molecule has 0 fully saturated rings. The van der Waals surface area contributed by atoms with Gasteiger partial charge in [0, 0.05) is 9.79 Å². The number of hydrogen-bond acceptors (Lipinski definition) is 2. The lowest BCUT2D eigenvalue weighted by molar-refractivity contribution is 0.0699. The van der Waals surface area contributed by atoms with Gasteiger partial charge in [-0.25, -0.2) is 4.79 Å². The topological polar surface area (TPSA) is 37.3 Å². The summed E-state index contributed by atoms with van der Waals surface area (Å²) >= 11 is 1.77. The molecule has 3 aromatic carbocycles. The Bertz CT molecular complexity index is 1130. The molecule has 0 saturated carbocycles. The standard InChI is InChI=1S/C26H28O2S/c1-16-13-21-22(26(4,5)12-11-25(21,2)3)15-23(16)29-18-9-10-19-17(14-18)7-6-8-20(19)24(27)28/h6-10,13-15H,11-12H2,1-5H3,(H,27,28). The van der Waals surface area contributed by atoms with E-state index in [2.05, 4.69) is 52.8 Å². The van der Waals surface area contributed by atoms with E-state index < -0.39 is 5.97 Å². The average Bonchev–Trinajstić information content (AvgIpc) is 2.66. The van der Waals surface area contributed by atoms with Gasteiger partial charge in [-0.05, 0) is 82.3 Å². The molecule has 0 heterocycles. The quantitative estimate of drug-likeness (QED) is 0.496. The molecule has 150 valence electrons. The van der Waals surface area contributed by atoms with E-state index in [-0.39, 0.29) is 10.8 Å². The van der Waals surface area contributed by atoms with E-state index in [9.17, 15) is 9.90 Å². The Hall–Kier alpha value is -2.26. The molecule has 1 aliphatic carbocycles. The van der Waals surface area contributed by atoms with Crippen LogP contribution in [0.5, 0.6) is 0 Å². The van der Waals surface area contributed by atoms with Gasteiger partial charge in [-0.15, -0.1) is 0 Å². The first-order valence-corrected chi connectivity index (χ1v) is 11.0. The fraction of sp³-hybridized carbons (Fsp3) is 0.346. The minimum atomic E-state index is -0.883. The number of rotatable bonds is 3. The lowest BCUT2D eigenvalue weighted by Gasteiger charge is -2.42. The number of aryl methyl sites for hydroxylation is 1. The SMILES string of the molecule is Cc1cc2c(cc1Sc1ccc3c(C(=O)O)cccc3c1)C(C)(C)CCC2(C)C. The fourth-order valence-electron chi connectivity index (χ4n) is 4.45. The lowest BCUT2D eigenvalue weighted by atomic mass is 9.63. The zero-order valence-electron chi connectivity index (χ0n) is 17.8. The molecule has 1 N–H and O–H groups in total. The first kappa shape index (κ1) is 20.0. The highest BCUT2D eigenvalue weighted by Gasteiger charge is 2.37. The van der Waals surface area contributed by atoms with Crippen molar-refractivity contribution < 1.29 is 9.90 Å². The zero-order valence-corrected chi connectivity index (χ0v) is 18.6. The Morgan fingerprint density at radius 1 is 0.931 bits per heavy atom. The summed E-state index contributed by atoms with van der Waals surface area (Å²) in [5, 5.41) is 11.2. The number of benzene rings is 3. The van der Waals surface area contributed by atoms with E-state index >= 15 is 0 Å². The Morgan fingerprint density at radius 3 is 2.24 bits per heavy atom. The van der Waals surface area contributed by atoms with Crippen LogP contribution in [0.4, 0.5) is 0 Å². The van der Waals surface area contributed by atoms with E-state index in [0.717, 1.165) is 15.7 Å². The molecule has 0 spiro atoms. The summed E-state index contributed by atoms with van der Waals surface area (Å²) < 4.78 is 0. The van der Waals surface area contributed by atoms with Crippen LogP contribution < -0.4 is 0 Å². The van der Waals surface area contributed by atoms with Crippen molar-refractivity contribution in [2.75, 3.05) is 0 Å². The molecule has 0 unspecified atom stereocenters. The molecule has 4 rings (SSSR count). The average molecular weight is 405 g/mol. The monoisotopic (exact) mass is 404 g/mol. The van der Waals surface area contributed by atoms with Gasteiger partial charge in [0.05, 0.1) is 5.56 Å². The van der Waals surface area contributed by atoms with Crippen molar-refractivity contribution in [2.24, 2.45) is 0 Å². The van der Waals surface area contributed by atoms with Crippen LogP contribution >= 0.6 is 11.8 Å². The van der Waals surface area contributed by atoms with Crippen LogP contribution in [0.3, 0.4) is 0 Å². The van der Waals surface area contributed by atoms with Crippen molar-refractivity contribution in [3.05, 3.63) is 70.8 Å². The molecule has 0 aliphatic heterocycles. The second-order valence-electron chi connectivity index (χ2n) is 9.53. The van der Waals surface area contributed by atoms with Gasteiger partial charge in [0.15, 0.2) is 0 Å². The highest BCUT2D eigenvalue weighted by Crippen LogP contribution is 2.48. The molecule has 0 saturated heterocycles. The Balaban J connectivity index is 1.76. The third-order valence-corrected chi connectivity index (χ3v) is 7.61. The molecular formula is C26H28O2S. The molecule has 0 aromatic heterocycles. The maximum Gasteiger partial charge on any atom is 0.336 e. The molecule has 1 aliphatic rings. The maximum atomic E-state index is 11.5. The summed E-state index contributed by atoms with van der Waals surface area (Å²) in [7, 11) is 0. The molecule has 0 bridgehead atoms. The summed E-state index contributed by atoms with van der Waals surface area (Å²) in [5.74, 6) is -0.883. The Labute approximate surface area is 177 Å². The molecule has 2 nitrogen and oxygen atoms in total. The Morgan fingerprint density at radius 2 is 1.59 bits per heavy atom. The minimum absolute atomic E-state index is 0.188. The number of carbonyl (C=O) groups is 1. The predicted octanol–water partition coefficient (Wildman–Crippen LogP) is 7.35. The van der Waals surface area contributed by atoms with Crippen molar-refractivity contribution in [3.8, 4) is 0 Å². The third-order valence-electron chi connectivity index (χ3n) is 6.46. The highest BCUT2D eigenvalue weighted by atomic mass is 32.2. The van der Waals surface area contributed by atoms with E-state index in [1.807, 2.05) is 24.3 Å². The number of hydrogen-bond donors (Lipinski definition) is 1. The summed E-state index contributed by atoms with van der Waals surface area (Å²) in [6.45, 7) is 11.6. The molecule has 29 heavy (non-hydrogen) atoms. The second kappa shape index (κ2) is 6.91. The van der Waals surface area contributed by atoms with Crippen LogP contribution in [-0.4, -0.2) is 11.1 Å². The molecular weight excluding hydrogens is 376 g/mol. The molecule has 0 atom stereocenters. The molecule has 0 amide bonds. The molecule has 3 heteroatoms. The van der Waals surface area contributed by atoms with Crippen LogP contribution in [-0.2, 0) is 10.8 Å². The minimum Gasteiger partial charge on any atom is -0.478 e. The number of fused-ring (bicyclic) bond motifs is 2. The zero-order chi connectivity index (χ0) is 21.0. The number of carboxylic acid groups (broad SMARTS) is 1. The van der Waals surface area contributed by atoms with Gasteiger partial charge >= 0.3 is 5.97 Å². The van der Waals surface area contributed by atoms with Crippen LogP contribution in [0.1, 0.15) is 67.6 Å². The first-order valence-electron chi connectivity index (χ1n) is 10.2. The van der Waals surface area contributed by atoms with Gasteiger partial charge < -0.3 is 5.11 Å². The second-order valence-corrected chi connectivity index (χ2v) is 10.6.